The highest BCUT2D eigenvalue weighted by atomic mass is 35.5. The highest BCUT2D eigenvalue weighted by Crippen LogP contribution is 2.14. The SMILES string of the molecule is CNCCCNC(=O)c1cnn(-c2cccc(Cl)c2)c1.Cl. The van der Waals surface area contributed by atoms with Gasteiger partial charge in [0, 0.05) is 17.8 Å². The van der Waals surface area contributed by atoms with Crippen LogP contribution < -0.4 is 10.6 Å². The van der Waals surface area contributed by atoms with Crippen LogP contribution >= 0.6 is 24.0 Å². The van der Waals surface area contributed by atoms with Gasteiger partial charge in [-0.15, -0.1) is 12.4 Å². The number of benzene rings is 1. The number of rotatable bonds is 6. The quantitative estimate of drug-likeness (QED) is 0.800. The third-order valence-electron chi connectivity index (χ3n) is 2.81. The van der Waals surface area contributed by atoms with Crippen LogP contribution in [-0.2, 0) is 0 Å². The van der Waals surface area contributed by atoms with E-state index in [1.807, 2.05) is 19.2 Å². The fraction of sp³-hybridized carbons (Fsp3) is 0.286. The molecule has 0 aliphatic rings. The number of amides is 1. The van der Waals surface area contributed by atoms with Gasteiger partial charge in [-0.1, -0.05) is 17.7 Å². The summed E-state index contributed by atoms with van der Waals surface area (Å²) in [5, 5.41) is 10.7. The Morgan fingerprint density at radius 1 is 1.38 bits per heavy atom. The number of halogens is 2. The predicted molar refractivity (Wildman–Crippen MR) is 86.7 cm³/mol. The van der Waals surface area contributed by atoms with E-state index < -0.39 is 0 Å². The first-order valence-corrected chi connectivity index (χ1v) is 6.82. The molecule has 0 fully saturated rings. The molecule has 0 radical (unpaired) electrons. The smallest absolute Gasteiger partial charge is 0.254 e. The summed E-state index contributed by atoms with van der Waals surface area (Å²) < 4.78 is 1.63. The lowest BCUT2D eigenvalue weighted by Gasteiger charge is -2.03. The van der Waals surface area contributed by atoms with Crippen LogP contribution in [0.3, 0.4) is 0 Å². The topological polar surface area (TPSA) is 58.9 Å². The van der Waals surface area contributed by atoms with E-state index in [9.17, 15) is 4.79 Å². The molecule has 7 heteroatoms. The van der Waals surface area contributed by atoms with Crippen molar-refractivity contribution in [3.05, 3.63) is 47.2 Å². The number of carbonyl (C=O) groups is 1. The van der Waals surface area contributed by atoms with Crippen LogP contribution in [0, 0.1) is 0 Å². The minimum absolute atomic E-state index is 0. The molecule has 2 aromatic rings. The number of nitrogens with one attached hydrogen (secondary N) is 2. The molecular formula is C14H18Cl2N4O. The molecule has 0 bridgehead atoms. The summed E-state index contributed by atoms with van der Waals surface area (Å²) in [6.07, 6.45) is 4.14. The molecule has 0 spiro atoms. The molecule has 2 rings (SSSR count). The van der Waals surface area contributed by atoms with Crippen LogP contribution in [0.1, 0.15) is 16.8 Å². The van der Waals surface area contributed by atoms with Gasteiger partial charge in [0.25, 0.3) is 5.91 Å². The first-order chi connectivity index (χ1) is 9.70. The van der Waals surface area contributed by atoms with E-state index in [4.69, 9.17) is 11.6 Å². The molecule has 114 valence electrons. The van der Waals surface area contributed by atoms with Crippen molar-refractivity contribution in [3.63, 3.8) is 0 Å². The summed E-state index contributed by atoms with van der Waals surface area (Å²) in [5.41, 5.74) is 1.36. The second-order valence-electron chi connectivity index (χ2n) is 4.37. The van der Waals surface area contributed by atoms with E-state index in [1.54, 1.807) is 29.2 Å². The molecule has 0 unspecified atom stereocenters. The average Bonchev–Trinajstić information content (AvgIpc) is 2.93. The van der Waals surface area contributed by atoms with Crippen molar-refractivity contribution in [3.8, 4) is 5.69 Å². The molecule has 0 atom stereocenters. The normalized spacial score (nSPS) is 10.0. The van der Waals surface area contributed by atoms with Crippen LogP contribution in [0.15, 0.2) is 36.7 Å². The van der Waals surface area contributed by atoms with Crippen LogP contribution in [0.5, 0.6) is 0 Å². The summed E-state index contributed by atoms with van der Waals surface area (Å²) in [5.74, 6) is -0.116. The Kier molecular flexibility index (Phi) is 7.22. The van der Waals surface area contributed by atoms with Gasteiger partial charge in [0.1, 0.15) is 0 Å². The Morgan fingerprint density at radius 2 is 2.19 bits per heavy atom. The minimum Gasteiger partial charge on any atom is -0.352 e. The number of aromatic nitrogens is 2. The minimum atomic E-state index is -0.116. The van der Waals surface area contributed by atoms with E-state index in [2.05, 4.69) is 15.7 Å². The number of nitrogens with zero attached hydrogens (tertiary/aromatic N) is 2. The van der Waals surface area contributed by atoms with E-state index in [0.29, 0.717) is 17.1 Å². The molecule has 5 nitrogen and oxygen atoms in total. The van der Waals surface area contributed by atoms with E-state index in [-0.39, 0.29) is 18.3 Å². The fourth-order valence-corrected chi connectivity index (χ4v) is 1.95. The first-order valence-electron chi connectivity index (χ1n) is 6.44. The molecule has 0 aliphatic heterocycles. The first kappa shape index (κ1) is 17.5. The van der Waals surface area contributed by atoms with E-state index in [0.717, 1.165) is 18.7 Å². The van der Waals surface area contributed by atoms with E-state index in [1.165, 1.54) is 0 Å². The second kappa shape index (κ2) is 8.67. The zero-order valence-corrected chi connectivity index (χ0v) is 13.2. The lowest BCUT2D eigenvalue weighted by molar-refractivity contribution is 0.0953. The number of hydrogen-bond donors (Lipinski definition) is 2. The Balaban J connectivity index is 0.00000220. The largest absolute Gasteiger partial charge is 0.352 e. The van der Waals surface area contributed by atoms with Crippen LogP contribution in [0.25, 0.3) is 5.69 Å². The van der Waals surface area contributed by atoms with Gasteiger partial charge in [0.2, 0.25) is 0 Å². The van der Waals surface area contributed by atoms with Crippen molar-refractivity contribution < 1.29 is 4.79 Å². The third kappa shape index (κ3) is 5.04. The third-order valence-corrected chi connectivity index (χ3v) is 3.04. The van der Waals surface area contributed by atoms with Gasteiger partial charge in [0.05, 0.1) is 17.4 Å². The highest BCUT2D eigenvalue weighted by molar-refractivity contribution is 6.30. The van der Waals surface area contributed by atoms with Crippen molar-refractivity contribution in [1.29, 1.82) is 0 Å². The maximum Gasteiger partial charge on any atom is 0.254 e. The fourth-order valence-electron chi connectivity index (χ4n) is 1.77. The molecule has 0 saturated carbocycles. The monoisotopic (exact) mass is 328 g/mol. The molecule has 1 aromatic carbocycles. The standard InChI is InChI=1S/C14H17ClN4O.ClH/c1-16-6-3-7-17-14(20)11-9-18-19(10-11)13-5-2-4-12(15)8-13;/h2,4-5,8-10,16H,3,6-7H2,1H3,(H,17,20);1H. The van der Waals surface area contributed by atoms with Gasteiger partial charge in [-0.2, -0.15) is 5.10 Å². The van der Waals surface area contributed by atoms with Gasteiger partial charge in [-0.3, -0.25) is 4.79 Å². The molecule has 1 amide bonds. The summed E-state index contributed by atoms with van der Waals surface area (Å²) in [6, 6.07) is 7.32. The van der Waals surface area contributed by atoms with Crippen molar-refractivity contribution >= 4 is 29.9 Å². The van der Waals surface area contributed by atoms with Crippen LogP contribution in [-0.4, -0.2) is 35.8 Å². The zero-order chi connectivity index (χ0) is 14.4. The Morgan fingerprint density at radius 3 is 2.90 bits per heavy atom. The Labute approximate surface area is 135 Å². The van der Waals surface area contributed by atoms with Gasteiger partial charge >= 0.3 is 0 Å². The highest BCUT2D eigenvalue weighted by Gasteiger charge is 2.08. The van der Waals surface area contributed by atoms with Gasteiger partial charge in [-0.05, 0) is 38.2 Å². The summed E-state index contributed by atoms with van der Waals surface area (Å²) in [7, 11) is 1.89. The van der Waals surface area contributed by atoms with Gasteiger partial charge < -0.3 is 10.6 Å². The molecule has 0 aliphatic carbocycles. The predicted octanol–water partition coefficient (Wildman–Crippen LogP) is 2.29. The molecule has 1 aromatic heterocycles. The molecule has 21 heavy (non-hydrogen) atoms. The van der Waals surface area contributed by atoms with E-state index >= 15 is 0 Å². The Hall–Kier alpha value is -1.56. The van der Waals surface area contributed by atoms with Crippen molar-refractivity contribution in [2.24, 2.45) is 0 Å². The maximum atomic E-state index is 11.9. The van der Waals surface area contributed by atoms with Crippen molar-refractivity contribution in [2.75, 3.05) is 20.1 Å². The lowest BCUT2D eigenvalue weighted by Crippen LogP contribution is -2.26. The molecule has 0 saturated heterocycles. The van der Waals surface area contributed by atoms with Crippen molar-refractivity contribution in [1.82, 2.24) is 20.4 Å². The average molecular weight is 329 g/mol. The summed E-state index contributed by atoms with van der Waals surface area (Å²) in [6.45, 7) is 1.52. The van der Waals surface area contributed by atoms with Crippen molar-refractivity contribution in [2.45, 2.75) is 6.42 Å². The number of hydrogen-bond acceptors (Lipinski definition) is 3. The second-order valence-corrected chi connectivity index (χ2v) is 4.80. The summed E-state index contributed by atoms with van der Waals surface area (Å²) in [4.78, 5) is 11.9. The molecule has 1 heterocycles. The molecule has 2 N–H and O–H groups in total. The lowest BCUT2D eigenvalue weighted by atomic mass is 10.3. The Bertz CT molecular complexity index is 586. The van der Waals surface area contributed by atoms with Crippen LogP contribution in [0.4, 0.5) is 0 Å². The number of carbonyl (C=O) groups excluding carboxylic acids is 1. The van der Waals surface area contributed by atoms with Gasteiger partial charge in [0.15, 0.2) is 0 Å². The van der Waals surface area contributed by atoms with Crippen LogP contribution in [0.2, 0.25) is 5.02 Å². The zero-order valence-electron chi connectivity index (χ0n) is 11.7. The summed E-state index contributed by atoms with van der Waals surface area (Å²) >= 11 is 5.94. The van der Waals surface area contributed by atoms with Gasteiger partial charge in [-0.25, -0.2) is 4.68 Å². The molecular weight excluding hydrogens is 311 g/mol. The maximum absolute atomic E-state index is 11.9.